The Balaban J connectivity index is 1.98. The van der Waals surface area contributed by atoms with E-state index in [2.05, 4.69) is 36.3 Å². The molecule has 0 atom stereocenters. The van der Waals surface area contributed by atoms with Crippen LogP contribution in [0.2, 0.25) is 0 Å². The molecule has 0 saturated heterocycles. The van der Waals surface area contributed by atoms with Gasteiger partial charge < -0.3 is 10.1 Å². The van der Waals surface area contributed by atoms with E-state index >= 15 is 0 Å². The van der Waals surface area contributed by atoms with Crippen molar-refractivity contribution in [3.05, 3.63) is 53.7 Å². The van der Waals surface area contributed by atoms with Gasteiger partial charge in [0.15, 0.2) is 0 Å². The zero-order chi connectivity index (χ0) is 14.2. The van der Waals surface area contributed by atoms with Crippen LogP contribution in [0.25, 0.3) is 0 Å². The number of anilines is 1. The highest BCUT2D eigenvalue weighted by Crippen LogP contribution is 2.17. The van der Waals surface area contributed by atoms with Crippen molar-refractivity contribution >= 4 is 5.82 Å². The van der Waals surface area contributed by atoms with Gasteiger partial charge in [0.25, 0.3) is 0 Å². The molecule has 0 spiro atoms. The average Bonchev–Trinajstić information content (AvgIpc) is 2.52. The maximum Gasteiger partial charge on any atom is 0.132 e. The molecule has 106 valence electrons. The van der Waals surface area contributed by atoms with E-state index in [0.29, 0.717) is 6.61 Å². The Morgan fingerprint density at radius 1 is 1.10 bits per heavy atom. The zero-order valence-corrected chi connectivity index (χ0v) is 12.2. The molecule has 0 aliphatic rings. The van der Waals surface area contributed by atoms with E-state index in [1.165, 1.54) is 5.56 Å². The minimum atomic E-state index is 0.533. The second kappa shape index (κ2) is 7.53. The lowest BCUT2D eigenvalue weighted by Crippen LogP contribution is -2.07. The van der Waals surface area contributed by atoms with E-state index in [9.17, 15) is 0 Å². The first-order valence-corrected chi connectivity index (χ1v) is 7.23. The zero-order valence-electron chi connectivity index (χ0n) is 12.2. The van der Waals surface area contributed by atoms with Gasteiger partial charge in [-0.05, 0) is 36.6 Å². The highest BCUT2D eigenvalue weighted by molar-refractivity contribution is 5.43. The first-order chi connectivity index (χ1) is 9.83. The van der Waals surface area contributed by atoms with Crippen LogP contribution in [-0.2, 0) is 13.0 Å². The second-order valence-corrected chi connectivity index (χ2v) is 4.72. The summed E-state index contributed by atoms with van der Waals surface area (Å²) >= 11 is 0. The van der Waals surface area contributed by atoms with Gasteiger partial charge in [-0.1, -0.05) is 32.0 Å². The predicted octanol–water partition coefficient (Wildman–Crippen LogP) is 4.04. The molecule has 0 amide bonds. The minimum Gasteiger partial charge on any atom is -0.489 e. The quantitative estimate of drug-likeness (QED) is 0.824. The Hall–Kier alpha value is -2.03. The number of benzene rings is 1. The Morgan fingerprint density at radius 2 is 1.90 bits per heavy atom. The number of nitrogens with one attached hydrogen (secondary N) is 1. The van der Waals surface area contributed by atoms with Gasteiger partial charge in [-0.15, -0.1) is 0 Å². The van der Waals surface area contributed by atoms with Gasteiger partial charge in [0.2, 0.25) is 0 Å². The largest absolute Gasteiger partial charge is 0.489 e. The third-order valence-electron chi connectivity index (χ3n) is 3.16. The summed E-state index contributed by atoms with van der Waals surface area (Å²) in [5.41, 5.74) is 2.41. The first kappa shape index (κ1) is 14.4. The summed E-state index contributed by atoms with van der Waals surface area (Å²) < 4.78 is 5.83. The molecule has 0 aliphatic heterocycles. The molecule has 0 bridgehead atoms. The molecule has 1 aromatic heterocycles. The molecule has 20 heavy (non-hydrogen) atoms. The SMILES string of the molecule is CCCNc1ncccc1COc1ccc(CC)cc1. The maximum absolute atomic E-state index is 5.83. The summed E-state index contributed by atoms with van der Waals surface area (Å²) in [6, 6.07) is 12.2. The molecule has 1 N–H and O–H groups in total. The van der Waals surface area contributed by atoms with Gasteiger partial charge in [0.1, 0.15) is 18.2 Å². The van der Waals surface area contributed by atoms with E-state index in [-0.39, 0.29) is 0 Å². The number of hydrogen-bond acceptors (Lipinski definition) is 3. The van der Waals surface area contributed by atoms with Crippen molar-refractivity contribution in [1.82, 2.24) is 4.98 Å². The van der Waals surface area contributed by atoms with E-state index in [4.69, 9.17) is 4.74 Å². The molecular weight excluding hydrogens is 248 g/mol. The van der Waals surface area contributed by atoms with Crippen LogP contribution in [0.5, 0.6) is 5.75 Å². The van der Waals surface area contributed by atoms with Crippen LogP contribution in [0.15, 0.2) is 42.6 Å². The summed E-state index contributed by atoms with van der Waals surface area (Å²) in [5.74, 6) is 1.81. The van der Waals surface area contributed by atoms with E-state index in [0.717, 1.165) is 36.5 Å². The molecule has 0 saturated carbocycles. The molecular formula is C17H22N2O. The number of ether oxygens (including phenoxy) is 1. The van der Waals surface area contributed by atoms with Gasteiger partial charge in [-0.3, -0.25) is 0 Å². The van der Waals surface area contributed by atoms with Crippen molar-refractivity contribution in [2.45, 2.75) is 33.3 Å². The van der Waals surface area contributed by atoms with E-state index in [1.807, 2.05) is 24.3 Å². The Morgan fingerprint density at radius 3 is 2.60 bits per heavy atom. The third-order valence-corrected chi connectivity index (χ3v) is 3.16. The first-order valence-electron chi connectivity index (χ1n) is 7.23. The highest BCUT2D eigenvalue weighted by Gasteiger charge is 2.03. The number of hydrogen-bond donors (Lipinski definition) is 1. The van der Waals surface area contributed by atoms with Crippen molar-refractivity contribution in [2.75, 3.05) is 11.9 Å². The van der Waals surface area contributed by atoms with Gasteiger partial charge in [-0.25, -0.2) is 4.98 Å². The van der Waals surface area contributed by atoms with Gasteiger partial charge in [0.05, 0.1) is 0 Å². The normalized spacial score (nSPS) is 10.3. The number of aryl methyl sites for hydroxylation is 1. The number of nitrogens with zero attached hydrogens (tertiary/aromatic N) is 1. The number of aromatic nitrogens is 1. The van der Waals surface area contributed by atoms with Crippen LogP contribution < -0.4 is 10.1 Å². The summed E-state index contributed by atoms with van der Waals surface area (Å²) in [6.07, 6.45) is 3.93. The van der Waals surface area contributed by atoms with Crippen molar-refractivity contribution in [3.63, 3.8) is 0 Å². The predicted molar refractivity (Wildman–Crippen MR) is 83.2 cm³/mol. The van der Waals surface area contributed by atoms with E-state index in [1.54, 1.807) is 6.20 Å². The lowest BCUT2D eigenvalue weighted by Gasteiger charge is -2.11. The molecule has 0 unspecified atom stereocenters. The highest BCUT2D eigenvalue weighted by atomic mass is 16.5. The fourth-order valence-corrected chi connectivity index (χ4v) is 1.94. The van der Waals surface area contributed by atoms with Crippen LogP contribution in [0.3, 0.4) is 0 Å². The standard InChI is InChI=1S/C17H22N2O/c1-3-11-18-17-15(6-5-12-19-17)13-20-16-9-7-14(4-2)8-10-16/h5-10,12H,3-4,11,13H2,1-2H3,(H,18,19). The minimum absolute atomic E-state index is 0.533. The van der Waals surface area contributed by atoms with Crippen LogP contribution >= 0.6 is 0 Å². The van der Waals surface area contributed by atoms with Crippen molar-refractivity contribution < 1.29 is 4.74 Å². The van der Waals surface area contributed by atoms with E-state index < -0.39 is 0 Å². The molecule has 1 heterocycles. The lowest BCUT2D eigenvalue weighted by atomic mass is 10.2. The summed E-state index contributed by atoms with van der Waals surface area (Å²) in [4.78, 5) is 4.36. The molecule has 2 aromatic rings. The number of rotatable bonds is 7. The second-order valence-electron chi connectivity index (χ2n) is 4.72. The fourth-order valence-electron chi connectivity index (χ4n) is 1.94. The van der Waals surface area contributed by atoms with Crippen LogP contribution in [0.1, 0.15) is 31.4 Å². The lowest BCUT2D eigenvalue weighted by molar-refractivity contribution is 0.306. The molecule has 0 fully saturated rings. The molecule has 3 heteroatoms. The molecule has 3 nitrogen and oxygen atoms in total. The van der Waals surface area contributed by atoms with Crippen LogP contribution in [-0.4, -0.2) is 11.5 Å². The third kappa shape index (κ3) is 3.98. The molecule has 0 aliphatic carbocycles. The van der Waals surface area contributed by atoms with Gasteiger partial charge >= 0.3 is 0 Å². The van der Waals surface area contributed by atoms with Crippen molar-refractivity contribution in [2.24, 2.45) is 0 Å². The Bertz CT molecular complexity index is 523. The molecule has 2 rings (SSSR count). The van der Waals surface area contributed by atoms with Gasteiger partial charge in [0, 0.05) is 18.3 Å². The topological polar surface area (TPSA) is 34.2 Å². The van der Waals surface area contributed by atoms with Crippen LogP contribution in [0.4, 0.5) is 5.82 Å². The summed E-state index contributed by atoms with van der Waals surface area (Å²) in [5, 5.41) is 3.33. The molecule has 1 aromatic carbocycles. The van der Waals surface area contributed by atoms with Crippen molar-refractivity contribution in [3.8, 4) is 5.75 Å². The van der Waals surface area contributed by atoms with Crippen molar-refractivity contribution in [1.29, 1.82) is 0 Å². The summed E-state index contributed by atoms with van der Waals surface area (Å²) in [6.45, 7) is 5.75. The summed E-state index contributed by atoms with van der Waals surface area (Å²) in [7, 11) is 0. The van der Waals surface area contributed by atoms with Gasteiger partial charge in [-0.2, -0.15) is 0 Å². The number of pyridine rings is 1. The molecule has 0 radical (unpaired) electrons. The maximum atomic E-state index is 5.83. The average molecular weight is 270 g/mol. The fraction of sp³-hybridized carbons (Fsp3) is 0.353. The Labute approximate surface area is 121 Å². The van der Waals surface area contributed by atoms with Crippen LogP contribution in [0, 0.1) is 0 Å². The Kier molecular flexibility index (Phi) is 5.42. The monoisotopic (exact) mass is 270 g/mol. The smallest absolute Gasteiger partial charge is 0.132 e.